The Labute approximate surface area is 206 Å². The van der Waals surface area contributed by atoms with Crippen molar-refractivity contribution in [3.05, 3.63) is 64.7 Å². The number of nitrogens with zero attached hydrogens (tertiary/aromatic N) is 6. The molecule has 1 fully saturated rings. The Morgan fingerprint density at radius 3 is 2.71 bits per heavy atom. The van der Waals surface area contributed by atoms with Crippen molar-refractivity contribution in [3.63, 3.8) is 0 Å². The molecule has 4 rings (SSSR count). The Hall–Kier alpha value is -2.93. The van der Waals surface area contributed by atoms with Crippen LogP contribution in [0.15, 0.2) is 54.0 Å². The van der Waals surface area contributed by atoms with Crippen molar-refractivity contribution in [3.8, 4) is 0 Å². The van der Waals surface area contributed by atoms with Gasteiger partial charge in [0.1, 0.15) is 17.5 Å². The third kappa shape index (κ3) is 5.09. The molecule has 2 aromatic rings. The second-order valence-corrected chi connectivity index (χ2v) is 9.65. The molecule has 0 N–H and O–H groups in total. The van der Waals surface area contributed by atoms with E-state index in [1.807, 2.05) is 44.3 Å². The predicted molar refractivity (Wildman–Crippen MR) is 139 cm³/mol. The van der Waals surface area contributed by atoms with Gasteiger partial charge in [-0.05, 0) is 63.5 Å². The van der Waals surface area contributed by atoms with Gasteiger partial charge in [0, 0.05) is 51.0 Å². The number of hydrogen-bond donors (Lipinski definition) is 0. The summed E-state index contributed by atoms with van der Waals surface area (Å²) in [4.78, 5) is 20.9. The summed E-state index contributed by atoms with van der Waals surface area (Å²) in [5, 5.41) is 0.663. The van der Waals surface area contributed by atoms with Gasteiger partial charge < -0.3 is 14.7 Å². The van der Waals surface area contributed by atoms with E-state index in [1.165, 1.54) is 6.08 Å². The number of hydrogen-bond acceptors (Lipinski definition) is 6. The van der Waals surface area contributed by atoms with Crippen LogP contribution in [-0.2, 0) is 0 Å². The molecule has 0 spiro atoms. The van der Waals surface area contributed by atoms with Gasteiger partial charge in [0.15, 0.2) is 0 Å². The topological polar surface area (TPSA) is 48.4 Å². The molecule has 0 radical (unpaired) electrons. The van der Waals surface area contributed by atoms with Crippen LogP contribution in [0.1, 0.15) is 39.8 Å². The molecule has 1 saturated heterocycles. The highest BCUT2D eigenvalue weighted by molar-refractivity contribution is 6.32. The van der Waals surface area contributed by atoms with Crippen molar-refractivity contribution in [2.45, 2.75) is 46.2 Å². The molecule has 1 unspecified atom stereocenters. The molecule has 1 aliphatic carbocycles. The molecule has 1 aliphatic heterocycles. The number of rotatable bonds is 5. The van der Waals surface area contributed by atoms with Gasteiger partial charge in [0.2, 0.25) is 5.95 Å². The van der Waals surface area contributed by atoms with E-state index >= 15 is 0 Å². The van der Waals surface area contributed by atoms with Gasteiger partial charge in [-0.1, -0.05) is 23.8 Å². The molecule has 0 saturated carbocycles. The van der Waals surface area contributed by atoms with Crippen LogP contribution >= 0.6 is 11.6 Å². The fourth-order valence-electron chi connectivity index (χ4n) is 4.13. The van der Waals surface area contributed by atoms with E-state index < -0.39 is 0 Å². The SMILES string of the molecule is CC1=C(F)C=CC(c2cc(N3CCN(c4ncccc4Cl)CC3C)nc(N(C)C(C)C)n2)=CC1. The van der Waals surface area contributed by atoms with Gasteiger partial charge in [-0.25, -0.2) is 14.4 Å². The number of aromatic nitrogens is 3. The van der Waals surface area contributed by atoms with Crippen LogP contribution in [0.4, 0.5) is 22.0 Å². The number of anilines is 3. The Bertz CT molecular complexity index is 1140. The third-order valence-electron chi connectivity index (χ3n) is 6.49. The van der Waals surface area contributed by atoms with Crippen molar-refractivity contribution in [2.24, 2.45) is 0 Å². The summed E-state index contributed by atoms with van der Waals surface area (Å²) in [6, 6.07) is 6.17. The molecule has 6 nitrogen and oxygen atoms in total. The van der Waals surface area contributed by atoms with E-state index in [-0.39, 0.29) is 17.9 Å². The lowest BCUT2D eigenvalue weighted by Crippen LogP contribution is -2.52. The minimum absolute atomic E-state index is 0.182. The molecule has 3 heterocycles. The number of allylic oxidation sites excluding steroid dienone is 6. The van der Waals surface area contributed by atoms with Crippen molar-refractivity contribution in [2.75, 3.05) is 41.4 Å². The first-order valence-electron chi connectivity index (χ1n) is 11.7. The predicted octanol–water partition coefficient (Wildman–Crippen LogP) is 5.67. The Morgan fingerprint density at radius 1 is 1.21 bits per heavy atom. The second kappa shape index (κ2) is 10.1. The van der Waals surface area contributed by atoms with Gasteiger partial charge in [-0.15, -0.1) is 0 Å². The van der Waals surface area contributed by atoms with Crippen molar-refractivity contribution >= 4 is 34.8 Å². The summed E-state index contributed by atoms with van der Waals surface area (Å²) in [7, 11) is 2.00. The zero-order chi connectivity index (χ0) is 24.4. The van der Waals surface area contributed by atoms with E-state index in [1.54, 1.807) is 6.20 Å². The van der Waals surface area contributed by atoms with Crippen LogP contribution in [0.25, 0.3) is 5.57 Å². The highest BCUT2D eigenvalue weighted by atomic mass is 35.5. The van der Waals surface area contributed by atoms with Gasteiger partial charge in [0.05, 0.1) is 10.7 Å². The summed E-state index contributed by atoms with van der Waals surface area (Å²) in [5.74, 6) is 2.17. The van der Waals surface area contributed by atoms with Crippen molar-refractivity contribution in [1.29, 1.82) is 0 Å². The molecule has 34 heavy (non-hydrogen) atoms. The molecule has 1 atom stereocenters. The number of pyridine rings is 1. The minimum Gasteiger partial charge on any atom is -0.352 e. The minimum atomic E-state index is -0.182. The van der Waals surface area contributed by atoms with E-state index in [0.29, 0.717) is 17.4 Å². The lowest BCUT2D eigenvalue weighted by Gasteiger charge is -2.41. The maximum absolute atomic E-state index is 14.2. The Balaban J connectivity index is 1.66. The van der Waals surface area contributed by atoms with Crippen molar-refractivity contribution in [1.82, 2.24) is 15.0 Å². The summed E-state index contributed by atoms with van der Waals surface area (Å²) in [5.41, 5.74) is 2.42. The van der Waals surface area contributed by atoms with Crippen LogP contribution in [-0.4, -0.2) is 53.7 Å². The van der Waals surface area contributed by atoms with Crippen LogP contribution < -0.4 is 14.7 Å². The summed E-state index contributed by atoms with van der Waals surface area (Å²) < 4.78 is 14.2. The van der Waals surface area contributed by atoms with E-state index in [9.17, 15) is 4.39 Å². The molecule has 0 amide bonds. The molecular formula is C26H32ClFN6. The largest absolute Gasteiger partial charge is 0.352 e. The van der Waals surface area contributed by atoms with Gasteiger partial charge in [-0.3, -0.25) is 0 Å². The highest BCUT2D eigenvalue weighted by Crippen LogP contribution is 2.30. The fourth-order valence-corrected chi connectivity index (χ4v) is 4.37. The zero-order valence-corrected chi connectivity index (χ0v) is 21.2. The monoisotopic (exact) mass is 482 g/mol. The summed E-state index contributed by atoms with van der Waals surface area (Å²) in [6.07, 6.45) is 7.70. The van der Waals surface area contributed by atoms with Crippen molar-refractivity contribution < 1.29 is 4.39 Å². The Kier molecular flexibility index (Phi) is 7.22. The lowest BCUT2D eigenvalue weighted by molar-refractivity contribution is 0.542. The maximum atomic E-state index is 14.2. The van der Waals surface area contributed by atoms with Crippen LogP contribution in [0.3, 0.4) is 0 Å². The molecule has 0 bridgehead atoms. The summed E-state index contributed by atoms with van der Waals surface area (Å²) >= 11 is 6.40. The standard InChI is InChI=1S/C26H32ClFN6/c1-17(2)32(5)26-30-23(20-9-8-18(3)22(28)11-10-20)15-24(31-26)34-14-13-33(16-19(34)4)25-21(27)7-6-12-29-25/h6-7,9-12,15,17,19H,8,13-14,16H2,1-5H3. The molecular weight excluding hydrogens is 451 g/mol. The van der Waals surface area contributed by atoms with Gasteiger partial charge >= 0.3 is 0 Å². The average molecular weight is 483 g/mol. The molecule has 180 valence electrons. The Morgan fingerprint density at radius 2 is 2.00 bits per heavy atom. The molecule has 0 aromatic carbocycles. The first-order valence-corrected chi connectivity index (χ1v) is 12.1. The van der Waals surface area contributed by atoms with Gasteiger partial charge in [0.25, 0.3) is 0 Å². The van der Waals surface area contributed by atoms with Crippen LogP contribution in [0, 0.1) is 0 Å². The third-order valence-corrected chi connectivity index (χ3v) is 6.79. The zero-order valence-electron chi connectivity index (χ0n) is 20.5. The smallest absolute Gasteiger partial charge is 0.227 e. The normalized spacial score (nSPS) is 18.9. The van der Waals surface area contributed by atoms with Crippen LogP contribution in [0.2, 0.25) is 5.02 Å². The van der Waals surface area contributed by atoms with Gasteiger partial charge in [-0.2, -0.15) is 4.98 Å². The highest BCUT2D eigenvalue weighted by Gasteiger charge is 2.28. The van der Waals surface area contributed by atoms with Crippen LogP contribution in [0.5, 0.6) is 0 Å². The van der Waals surface area contributed by atoms with E-state index in [2.05, 4.69) is 40.5 Å². The first-order chi connectivity index (χ1) is 16.2. The second-order valence-electron chi connectivity index (χ2n) is 9.24. The number of halogens is 2. The molecule has 8 heteroatoms. The fraction of sp³-hybridized carbons (Fsp3) is 0.423. The summed E-state index contributed by atoms with van der Waals surface area (Å²) in [6.45, 7) is 10.6. The quantitative estimate of drug-likeness (QED) is 0.547. The van der Waals surface area contributed by atoms with E-state index in [4.69, 9.17) is 21.6 Å². The lowest BCUT2D eigenvalue weighted by atomic mass is 10.1. The van der Waals surface area contributed by atoms with E-state index in [0.717, 1.165) is 48.1 Å². The first kappa shape index (κ1) is 24.2. The average Bonchev–Trinajstić information content (AvgIpc) is 2.99. The number of piperazine rings is 1. The molecule has 2 aromatic heterocycles. The molecule has 2 aliphatic rings. The maximum Gasteiger partial charge on any atom is 0.227 e.